The summed E-state index contributed by atoms with van der Waals surface area (Å²) in [6.45, 7) is 4.28. The fourth-order valence-electron chi connectivity index (χ4n) is 3.29. The Labute approximate surface area is 160 Å². The van der Waals surface area contributed by atoms with Gasteiger partial charge in [-0.15, -0.1) is 0 Å². The Balaban J connectivity index is 2.44. The molecule has 1 aromatic rings. The molecule has 0 atom stereocenters. The molecule has 0 amide bonds. The molecule has 1 aromatic carbocycles. The molecule has 2 rings (SSSR count). The molecular formula is C22H24N2O3. The standard InChI is InChI=1S/C22H24N2O3/c1-22(2)11-16(8-17(12-22)18(13-23)14-24)7-6-15-9-19(25-3)21(27-5)20(10-15)26-4/h6-10H,11-12H2,1-5H3/b7-6+. The van der Waals surface area contributed by atoms with Crippen molar-refractivity contribution in [1.29, 1.82) is 10.5 Å². The third-order valence-corrected chi connectivity index (χ3v) is 4.43. The number of hydrogen-bond acceptors (Lipinski definition) is 5. The van der Waals surface area contributed by atoms with E-state index in [1.165, 1.54) is 0 Å². The Morgan fingerprint density at radius 2 is 1.56 bits per heavy atom. The van der Waals surface area contributed by atoms with E-state index in [0.717, 1.165) is 23.1 Å². The second-order valence-corrected chi connectivity index (χ2v) is 7.15. The summed E-state index contributed by atoms with van der Waals surface area (Å²) < 4.78 is 16.1. The van der Waals surface area contributed by atoms with Gasteiger partial charge in [0.25, 0.3) is 0 Å². The van der Waals surface area contributed by atoms with Crippen LogP contribution in [0.5, 0.6) is 17.2 Å². The first-order chi connectivity index (χ1) is 12.9. The predicted octanol–water partition coefficient (Wildman–Crippen LogP) is 4.82. The molecule has 0 saturated heterocycles. The summed E-state index contributed by atoms with van der Waals surface area (Å²) in [5.41, 5.74) is 2.93. The molecule has 0 aromatic heterocycles. The van der Waals surface area contributed by atoms with Gasteiger partial charge in [-0.3, -0.25) is 0 Å². The summed E-state index contributed by atoms with van der Waals surface area (Å²) in [5, 5.41) is 18.4. The molecule has 0 fully saturated rings. The van der Waals surface area contributed by atoms with E-state index in [4.69, 9.17) is 14.2 Å². The first-order valence-electron chi connectivity index (χ1n) is 8.59. The number of hydrogen-bond donors (Lipinski definition) is 0. The summed E-state index contributed by atoms with van der Waals surface area (Å²) in [4.78, 5) is 0. The van der Waals surface area contributed by atoms with Gasteiger partial charge in [-0.1, -0.05) is 32.1 Å². The third kappa shape index (κ3) is 4.71. The average Bonchev–Trinajstić information content (AvgIpc) is 2.65. The lowest BCUT2D eigenvalue weighted by atomic mass is 9.74. The number of allylic oxidation sites excluding steroid dienone is 5. The highest BCUT2D eigenvalue weighted by Gasteiger charge is 2.26. The summed E-state index contributed by atoms with van der Waals surface area (Å²) in [6, 6.07) is 7.75. The zero-order valence-corrected chi connectivity index (χ0v) is 16.4. The first-order valence-corrected chi connectivity index (χ1v) is 8.59. The van der Waals surface area contributed by atoms with Gasteiger partial charge in [-0.05, 0) is 47.1 Å². The van der Waals surface area contributed by atoms with Crippen molar-refractivity contribution >= 4 is 6.08 Å². The van der Waals surface area contributed by atoms with Crippen LogP contribution in [0.15, 0.2) is 41.0 Å². The van der Waals surface area contributed by atoms with E-state index < -0.39 is 0 Å². The third-order valence-electron chi connectivity index (χ3n) is 4.43. The molecule has 0 heterocycles. The largest absolute Gasteiger partial charge is 0.493 e. The highest BCUT2D eigenvalue weighted by atomic mass is 16.5. The molecule has 0 N–H and O–H groups in total. The van der Waals surface area contributed by atoms with Crippen LogP contribution in [0.2, 0.25) is 0 Å². The second-order valence-electron chi connectivity index (χ2n) is 7.15. The molecule has 1 aliphatic rings. The maximum absolute atomic E-state index is 9.19. The number of rotatable bonds is 5. The summed E-state index contributed by atoms with van der Waals surface area (Å²) >= 11 is 0. The highest BCUT2D eigenvalue weighted by molar-refractivity contribution is 5.64. The van der Waals surface area contributed by atoms with Crippen LogP contribution in [0.1, 0.15) is 32.3 Å². The second kappa shape index (κ2) is 8.47. The van der Waals surface area contributed by atoms with E-state index in [0.29, 0.717) is 23.7 Å². The van der Waals surface area contributed by atoms with Crippen molar-refractivity contribution in [2.24, 2.45) is 5.41 Å². The number of benzene rings is 1. The maximum atomic E-state index is 9.19. The van der Waals surface area contributed by atoms with Crippen LogP contribution < -0.4 is 14.2 Å². The topological polar surface area (TPSA) is 75.3 Å². The van der Waals surface area contributed by atoms with E-state index >= 15 is 0 Å². The van der Waals surface area contributed by atoms with E-state index in [1.54, 1.807) is 21.3 Å². The fourth-order valence-corrected chi connectivity index (χ4v) is 3.29. The predicted molar refractivity (Wildman–Crippen MR) is 104 cm³/mol. The van der Waals surface area contributed by atoms with Crippen LogP contribution in [-0.4, -0.2) is 21.3 Å². The minimum absolute atomic E-state index is 0.0159. The van der Waals surface area contributed by atoms with Crippen molar-refractivity contribution < 1.29 is 14.2 Å². The van der Waals surface area contributed by atoms with Gasteiger partial charge in [0.05, 0.1) is 21.3 Å². The van der Waals surface area contributed by atoms with Gasteiger partial charge in [0, 0.05) is 0 Å². The van der Waals surface area contributed by atoms with Crippen LogP contribution >= 0.6 is 0 Å². The van der Waals surface area contributed by atoms with Gasteiger partial charge in [-0.2, -0.15) is 10.5 Å². The van der Waals surface area contributed by atoms with Crippen molar-refractivity contribution in [2.45, 2.75) is 26.7 Å². The molecule has 5 nitrogen and oxygen atoms in total. The van der Waals surface area contributed by atoms with Gasteiger partial charge >= 0.3 is 0 Å². The molecular weight excluding hydrogens is 340 g/mol. The summed E-state index contributed by atoms with van der Waals surface area (Å²) in [5.74, 6) is 1.73. The van der Waals surface area contributed by atoms with E-state index in [-0.39, 0.29) is 11.0 Å². The van der Waals surface area contributed by atoms with Gasteiger partial charge in [-0.25, -0.2) is 0 Å². The number of nitriles is 2. The minimum Gasteiger partial charge on any atom is -0.493 e. The first kappa shape index (κ1) is 20.1. The lowest BCUT2D eigenvalue weighted by Crippen LogP contribution is -2.17. The van der Waals surface area contributed by atoms with E-state index in [9.17, 15) is 10.5 Å². The SMILES string of the molecule is COc1cc(/C=C/C2=CC(=C(C#N)C#N)CC(C)(C)C2)cc(OC)c1OC. The normalized spacial score (nSPS) is 15.5. The Morgan fingerprint density at radius 1 is 0.963 bits per heavy atom. The lowest BCUT2D eigenvalue weighted by molar-refractivity contribution is 0.324. The Bertz CT molecular complexity index is 852. The zero-order chi connectivity index (χ0) is 20.0. The zero-order valence-electron chi connectivity index (χ0n) is 16.4. The van der Waals surface area contributed by atoms with Crippen molar-refractivity contribution in [2.75, 3.05) is 21.3 Å². The number of nitrogens with zero attached hydrogens (tertiary/aromatic N) is 2. The maximum Gasteiger partial charge on any atom is 0.203 e. The minimum atomic E-state index is -0.0159. The van der Waals surface area contributed by atoms with Crippen LogP contribution in [0.25, 0.3) is 6.08 Å². The lowest BCUT2D eigenvalue weighted by Gasteiger charge is -2.30. The number of ether oxygens (including phenoxy) is 3. The van der Waals surface area contributed by atoms with Gasteiger partial charge in [0.15, 0.2) is 11.5 Å². The van der Waals surface area contributed by atoms with Crippen molar-refractivity contribution in [3.63, 3.8) is 0 Å². The van der Waals surface area contributed by atoms with Crippen molar-refractivity contribution in [1.82, 2.24) is 0 Å². The molecule has 0 spiro atoms. The molecule has 27 heavy (non-hydrogen) atoms. The highest BCUT2D eigenvalue weighted by Crippen LogP contribution is 2.41. The van der Waals surface area contributed by atoms with E-state index in [1.807, 2.05) is 42.5 Å². The molecule has 140 valence electrons. The average molecular weight is 364 g/mol. The quantitative estimate of drug-likeness (QED) is 0.701. The molecule has 5 heteroatoms. The van der Waals surface area contributed by atoms with Crippen LogP contribution in [0, 0.1) is 28.1 Å². The Kier molecular flexibility index (Phi) is 6.32. The molecule has 1 aliphatic carbocycles. The molecule has 0 unspecified atom stereocenters. The monoisotopic (exact) mass is 364 g/mol. The van der Waals surface area contributed by atoms with Crippen LogP contribution in [0.4, 0.5) is 0 Å². The van der Waals surface area contributed by atoms with Crippen molar-refractivity contribution in [3.05, 3.63) is 46.6 Å². The van der Waals surface area contributed by atoms with Gasteiger partial charge < -0.3 is 14.2 Å². The molecule has 0 bridgehead atoms. The Hall–Kier alpha value is -3.18. The van der Waals surface area contributed by atoms with Crippen molar-refractivity contribution in [3.8, 4) is 29.4 Å². The van der Waals surface area contributed by atoms with Gasteiger partial charge in [0.1, 0.15) is 17.7 Å². The molecule has 0 radical (unpaired) electrons. The number of methoxy groups -OCH3 is 3. The molecule has 0 aliphatic heterocycles. The fraction of sp³-hybridized carbons (Fsp3) is 0.364. The smallest absolute Gasteiger partial charge is 0.203 e. The Morgan fingerprint density at radius 3 is 2.04 bits per heavy atom. The molecule has 0 saturated carbocycles. The van der Waals surface area contributed by atoms with Crippen LogP contribution in [0.3, 0.4) is 0 Å². The van der Waals surface area contributed by atoms with Gasteiger partial charge in [0.2, 0.25) is 5.75 Å². The van der Waals surface area contributed by atoms with E-state index in [2.05, 4.69) is 13.8 Å². The summed E-state index contributed by atoms with van der Waals surface area (Å²) in [7, 11) is 4.74. The summed E-state index contributed by atoms with van der Waals surface area (Å²) in [6.07, 6.45) is 7.50. The van der Waals surface area contributed by atoms with Crippen LogP contribution in [-0.2, 0) is 0 Å².